The minimum absolute atomic E-state index is 0.152. The van der Waals surface area contributed by atoms with Crippen LogP contribution >= 0.6 is 8.61 Å². The third-order valence-corrected chi connectivity index (χ3v) is 5.28. The number of carbonyl (C=O) groups is 1. The van der Waals surface area contributed by atoms with Crippen LogP contribution in [0.15, 0.2) is 47.4 Å². The van der Waals surface area contributed by atoms with Crippen molar-refractivity contribution in [2.75, 3.05) is 5.73 Å². The van der Waals surface area contributed by atoms with Crippen molar-refractivity contribution >= 4 is 20.4 Å². The molecule has 2 unspecified atom stereocenters. The zero-order chi connectivity index (χ0) is 25.8. The number of hydrogen-bond donors (Lipinski definition) is 3. The minimum atomic E-state index is -3.71. The fraction of sp³-hybridized carbons (Fsp3) is 0.429. The lowest BCUT2D eigenvalue weighted by Crippen LogP contribution is -2.69. The lowest BCUT2D eigenvalue weighted by molar-refractivity contribution is -0.164. The number of alkyl halides is 2. The number of aromatic nitrogens is 2. The van der Waals surface area contributed by atoms with Gasteiger partial charge in [-0.1, -0.05) is 18.2 Å². The van der Waals surface area contributed by atoms with Gasteiger partial charge in [-0.25, -0.2) is 13.6 Å². The van der Waals surface area contributed by atoms with Crippen LogP contribution in [0.2, 0.25) is 0 Å². The summed E-state index contributed by atoms with van der Waals surface area (Å²) < 4.78 is 59.2. The van der Waals surface area contributed by atoms with E-state index in [1.807, 2.05) is 0 Å². The first-order valence-electron chi connectivity index (χ1n) is 10.5. The van der Waals surface area contributed by atoms with Crippen LogP contribution in [-0.2, 0) is 18.8 Å². The number of halogens is 2. The van der Waals surface area contributed by atoms with E-state index in [0.29, 0.717) is 11.0 Å². The van der Waals surface area contributed by atoms with Crippen molar-refractivity contribution < 1.29 is 32.4 Å². The SMILES string of the molecule is CC(C)OC(=O)[C@H](C)NC(NP=O)(Oc1ccccc1)[C@H]1[CH]C(F)(F)C(n2ccc(N)nc2=O)O1. The molecule has 4 N–H and O–H groups in total. The summed E-state index contributed by atoms with van der Waals surface area (Å²) >= 11 is 0. The summed E-state index contributed by atoms with van der Waals surface area (Å²) in [5.41, 5.74) is 4.39. The first kappa shape index (κ1) is 26.6. The molecule has 14 heteroatoms. The maximum Gasteiger partial charge on any atom is 0.351 e. The number of anilines is 1. The Morgan fingerprint density at radius 2 is 1.97 bits per heavy atom. The molecule has 189 valence electrons. The average Bonchev–Trinajstić information content (AvgIpc) is 3.09. The van der Waals surface area contributed by atoms with E-state index in [-0.39, 0.29) is 11.6 Å². The predicted molar refractivity (Wildman–Crippen MR) is 120 cm³/mol. The Hall–Kier alpha value is -2.99. The van der Waals surface area contributed by atoms with Crippen molar-refractivity contribution in [1.29, 1.82) is 0 Å². The molecule has 0 bridgehead atoms. The van der Waals surface area contributed by atoms with Gasteiger partial charge in [-0.3, -0.25) is 19.2 Å². The fourth-order valence-electron chi connectivity index (χ4n) is 3.37. The molecule has 0 amide bonds. The molecule has 11 nitrogen and oxygen atoms in total. The number of nitrogens with one attached hydrogen (secondary N) is 2. The third-order valence-electron chi connectivity index (χ3n) is 4.85. The molecule has 2 aromatic rings. The summed E-state index contributed by atoms with van der Waals surface area (Å²) in [6.07, 6.45) is -2.75. The van der Waals surface area contributed by atoms with Crippen LogP contribution in [0.3, 0.4) is 0 Å². The van der Waals surface area contributed by atoms with E-state index in [2.05, 4.69) is 15.4 Å². The van der Waals surface area contributed by atoms with E-state index in [9.17, 15) is 14.2 Å². The van der Waals surface area contributed by atoms with Crippen molar-refractivity contribution in [3.8, 4) is 5.75 Å². The Morgan fingerprint density at radius 1 is 1.29 bits per heavy atom. The van der Waals surface area contributed by atoms with Crippen molar-refractivity contribution in [2.45, 2.75) is 57.0 Å². The number of nitrogens with two attached hydrogens (primary N) is 1. The summed E-state index contributed by atoms with van der Waals surface area (Å²) in [5.74, 6) is -6.56. The first-order chi connectivity index (χ1) is 16.5. The van der Waals surface area contributed by atoms with Crippen molar-refractivity contribution in [2.24, 2.45) is 0 Å². The van der Waals surface area contributed by atoms with E-state index in [1.165, 1.54) is 25.1 Å². The number of nitrogen functional groups attached to an aromatic ring is 1. The molecule has 2 heterocycles. The smallest absolute Gasteiger partial charge is 0.351 e. The predicted octanol–water partition coefficient (Wildman–Crippen LogP) is 2.02. The van der Waals surface area contributed by atoms with Crippen molar-refractivity contribution in [3.63, 3.8) is 0 Å². The van der Waals surface area contributed by atoms with Crippen molar-refractivity contribution in [1.82, 2.24) is 20.0 Å². The summed E-state index contributed by atoms with van der Waals surface area (Å²) in [4.78, 5) is 28.2. The molecule has 1 aromatic carbocycles. The number of esters is 1. The van der Waals surface area contributed by atoms with Crippen LogP contribution in [0, 0.1) is 6.42 Å². The summed E-state index contributed by atoms with van der Waals surface area (Å²) in [5, 5.41) is 5.16. The molecule has 1 aromatic heterocycles. The molecule has 35 heavy (non-hydrogen) atoms. The van der Waals surface area contributed by atoms with Crippen LogP contribution in [0.25, 0.3) is 0 Å². The Labute approximate surface area is 201 Å². The largest absolute Gasteiger partial charge is 0.462 e. The highest BCUT2D eigenvalue weighted by molar-refractivity contribution is 7.21. The van der Waals surface area contributed by atoms with E-state index < -0.39 is 56.5 Å². The Morgan fingerprint density at radius 3 is 2.57 bits per heavy atom. The monoisotopic (exact) mass is 512 g/mol. The molecule has 1 fully saturated rings. The third kappa shape index (κ3) is 6.17. The molecule has 0 spiro atoms. The molecule has 1 aliphatic heterocycles. The van der Waals surface area contributed by atoms with E-state index >= 15 is 8.78 Å². The first-order valence-corrected chi connectivity index (χ1v) is 11.3. The quantitative estimate of drug-likeness (QED) is 0.245. The van der Waals surface area contributed by atoms with E-state index in [0.717, 1.165) is 6.20 Å². The number of ether oxygens (including phenoxy) is 3. The zero-order valence-corrected chi connectivity index (χ0v) is 19.9. The van der Waals surface area contributed by atoms with Gasteiger partial charge in [0, 0.05) is 6.20 Å². The van der Waals surface area contributed by atoms with Gasteiger partial charge < -0.3 is 19.9 Å². The second-order valence-corrected chi connectivity index (χ2v) is 8.40. The fourth-order valence-corrected chi connectivity index (χ4v) is 3.74. The Kier molecular flexibility index (Phi) is 8.16. The van der Waals surface area contributed by atoms with Gasteiger partial charge >= 0.3 is 11.7 Å². The number of benzene rings is 1. The van der Waals surface area contributed by atoms with Gasteiger partial charge in [0.05, 0.1) is 12.5 Å². The average molecular weight is 512 g/mol. The molecular weight excluding hydrogens is 487 g/mol. The van der Waals surface area contributed by atoms with Crippen LogP contribution in [-0.4, -0.2) is 45.5 Å². The van der Waals surface area contributed by atoms with Gasteiger partial charge in [-0.2, -0.15) is 10.1 Å². The standard InChI is InChI=1S/C21H25F2N5O6P/c1-12(2)32-17(29)13(3)26-21(27-35-31,34-14-7-5-4-6-8-14)15-11-20(22,23)18(33-15)28-10-9-16(24)25-19(28)30/h4-13,15,18,26H,1-3H3,(H,27,31)(H2,24,25,30)/t13-,15+,18?,21?/m0/s1. The molecule has 0 saturated carbocycles. The van der Waals surface area contributed by atoms with Gasteiger partial charge in [0.15, 0.2) is 0 Å². The Bertz CT molecular complexity index is 1110. The van der Waals surface area contributed by atoms with Crippen LogP contribution in [0.4, 0.5) is 14.6 Å². The highest BCUT2D eigenvalue weighted by Crippen LogP contribution is 2.44. The number of para-hydroxylation sites is 1. The van der Waals surface area contributed by atoms with E-state index in [1.54, 1.807) is 32.0 Å². The van der Waals surface area contributed by atoms with Gasteiger partial charge in [0.1, 0.15) is 23.7 Å². The van der Waals surface area contributed by atoms with Crippen LogP contribution < -0.4 is 26.6 Å². The maximum atomic E-state index is 15.1. The molecular formula is C21H25F2N5O6P. The molecule has 1 radical (unpaired) electrons. The molecule has 3 rings (SSSR count). The zero-order valence-electron chi connectivity index (χ0n) is 19.1. The second kappa shape index (κ2) is 10.7. The highest BCUT2D eigenvalue weighted by atomic mass is 31.1. The lowest BCUT2D eigenvalue weighted by atomic mass is 10.1. The van der Waals surface area contributed by atoms with Gasteiger partial charge in [0.25, 0.3) is 20.4 Å². The summed E-state index contributed by atoms with van der Waals surface area (Å²) in [7, 11) is -0.733. The minimum Gasteiger partial charge on any atom is -0.462 e. The number of carbonyl (C=O) groups excluding carboxylic acids is 1. The van der Waals surface area contributed by atoms with Gasteiger partial charge in [-0.15, -0.1) is 0 Å². The summed E-state index contributed by atoms with van der Waals surface area (Å²) in [6, 6.07) is 8.04. The topological polar surface area (TPSA) is 147 Å². The van der Waals surface area contributed by atoms with Crippen LogP contribution in [0.1, 0.15) is 27.0 Å². The van der Waals surface area contributed by atoms with Gasteiger partial charge in [-0.05, 0) is 39.0 Å². The molecule has 1 saturated heterocycles. The number of nitrogens with zero attached hydrogens (tertiary/aromatic N) is 2. The van der Waals surface area contributed by atoms with Crippen LogP contribution in [0.5, 0.6) is 5.75 Å². The maximum absolute atomic E-state index is 15.1. The van der Waals surface area contributed by atoms with Gasteiger partial charge in [0.2, 0.25) is 6.23 Å². The summed E-state index contributed by atoms with van der Waals surface area (Å²) in [6.45, 7) is 4.70. The highest BCUT2D eigenvalue weighted by Gasteiger charge is 2.60. The number of hydrogen-bond acceptors (Lipinski definition) is 9. The molecule has 4 atom stereocenters. The Balaban J connectivity index is 2.02. The lowest BCUT2D eigenvalue weighted by Gasteiger charge is -2.39. The van der Waals surface area contributed by atoms with E-state index in [4.69, 9.17) is 19.9 Å². The molecule has 0 aliphatic carbocycles. The number of rotatable bonds is 10. The van der Waals surface area contributed by atoms with Crippen molar-refractivity contribution in [3.05, 3.63) is 59.5 Å². The second-order valence-electron chi connectivity index (χ2n) is 8.00. The normalized spacial score (nSPS) is 22.0. The molecule has 1 aliphatic rings.